The van der Waals surface area contributed by atoms with Crippen LogP contribution >= 0.6 is 0 Å². The van der Waals surface area contributed by atoms with Crippen molar-refractivity contribution < 1.29 is 8.42 Å². The highest BCUT2D eigenvalue weighted by Gasteiger charge is 2.43. The van der Waals surface area contributed by atoms with E-state index >= 15 is 0 Å². The van der Waals surface area contributed by atoms with Crippen molar-refractivity contribution in [2.45, 2.75) is 16.9 Å². The van der Waals surface area contributed by atoms with Gasteiger partial charge in [-0.05, 0) is 6.92 Å². The number of allylic oxidation sites excluding steroid dienone is 2. The van der Waals surface area contributed by atoms with Crippen LogP contribution in [0.4, 0.5) is 0 Å². The summed E-state index contributed by atoms with van der Waals surface area (Å²) >= 11 is 0. The van der Waals surface area contributed by atoms with Crippen LogP contribution in [-0.4, -0.2) is 18.4 Å². The molecule has 3 heteroatoms. The van der Waals surface area contributed by atoms with Crippen LogP contribution in [0.25, 0.3) is 0 Å². The quantitative estimate of drug-likeness (QED) is 0.528. The molecule has 2 bridgehead atoms. The Labute approximate surface area is 72.2 Å². The lowest BCUT2D eigenvalue weighted by Gasteiger charge is -2.17. The maximum absolute atomic E-state index is 11.8. The molecular weight excluding hydrogens is 172 g/mol. The van der Waals surface area contributed by atoms with Crippen LogP contribution in [0.2, 0.25) is 0 Å². The lowest BCUT2D eigenvalue weighted by Crippen LogP contribution is -2.31. The molecule has 0 amide bonds. The summed E-state index contributed by atoms with van der Waals surface area (Å²) in [6.07, 6.45) is 10.5. The fourth-order valence-corrected chi connectivity index (χ4v) is 3.22. The summed E-state index contributed by atoms with van der Waals surface area (Å²) in [5.41, 5.74) is 0. The third-order valence-electron chi connectivity index (χ3n) is 2.43. The van der Waals surface area contributed by atoms with Crippen molar-refractivity contribution in [1.82, 2.24) is 0 Å². The van der Waals surface area contributed by atoms with Gasteiger partial charge in [0.25, 0.3) is 0 Å². The Hall–Kier alpha value is -0.830. The molecule has 0 saturated carbocycles. The standard InChI is InChI=1S/C9H10O2S/c1-9-6-3-2-4-8(5-7-9)12(9,10)11/h2-8H,1H3/t8-,9-/m1/s1. The van der Waals surface area contributed by atoms with E-state index in [9.17, 15) is 8.42 Å². The summed E-state index contributed by atoms with van der Waals surface area (Å²) in [7, 11) is -3.05. The summed E-state index contributed by atoms with van der Waals surface area (Å²) in [6, 6.07) is 0. The molecule has 0 aromatic heterocycles. The molecule has 64 valence electrons. The average Bonchev–Trinajstić information content (AvgIpc) is 2.09. The van der Waals surface area contributed by atoms with Crippen LogP contribution in [0.15, 0.2) is 36.5 Å². The van der Waals surface area contributed by atoms with Crippen molar-refractivity contribution in [3.8, 4) is 0 Å². The van der Waals surface area contributed by atoms with Crippen LogP contribution in [0.5, 0.6) is 0 Å². The normalized spacial score (nSPS) is 41.6. The van der Waals surface area contributed by atoms with Gasteiger partial charge in [0.2, 0.25) is 0 Å². The van der Waals surface area contributed by atoms with E-state index in [1.807, 2.05) is 0 Å². The monoisotopic (exact) mass is 182 g/mol. The first-order valence-electron chi connectivity index (χ1n) is 3.85. The molecule has 0 fully saturated rings. The molecule has 0 N–H and O–H groups in total. The van der Waals surface area contributed by atoms with Crippen molar-refractivity contribution in [2.24, 2.45) is 0 Å². The molecule has 2 heterocycles. The van der Waals surface area contributed by atoms with E-state index < -0.39 is 19.8 Å². The molecule has 0 saturated heterocycles. The van der Waals surface area contributed by atoms with Crippen LogP contribution in [-0.2, 0) is 9.84 Å². The van der Waals surface area contributed by atoms with Gasteiger partial charge in [0.05, 0.1) is 5.25 Å². The molecule has 0 aromatic rings. The second-order valence-corrected chi connectivity index (χ2v) is 5.81. The lowest BCUT2D eigenvalue weighted by molar-refractivity contribution is 0.583. The molecule has 2 rings (SSSR count). The minimum Gasteiger partial charge on any atom is -0.227 e. The molecule has 2 atom stereocenters. The molecule has 0 spiro atoms. The molecule has 2 aliphatic heterocycles. The molecule has 2 aliphatic rings. The van der Waals surface area contributed by atoms with Gasteiger partial charge >= 0.3 is 0 Å². The number of rotatable bonds is 0. The molecular formula is C9H10O2S. The first-order chi connectivity index (χ1) is 5.56. The van der Waals surface area contributed by atoms with Gasteiger partial charge in [-0.2, -0.15) is 0 Å². The molecule has 12 heavy (non-hydrogen) atoms. The van der Waals surface area contributed by atoms with Crippen molar-refractivity contribution >= 4 is 9.84 Å². The molecule has 2 nitrogen and oxygen atoms in total. The average molecular weight is 182 g/mol. The zero-order valence-electron chi connectivity index (χ0n) is 6.77. The summed E-state index contributed by atoms with van der Waals surface area (Å²) in [5.74, 6) is 0. The molecule has 0 aliphatic carbocycles. The Bertz CT molecular complexity index is 387. The smallest absolute Gasteiger partial charge is 0.172 e. The van der Waals surface area contributed by atoms with Crippen molar-refractivity contribution in [3.05, 3.63) is 36.5 Å². The Kier molecular flexibility index (Phi) is 1.37. The third-order valence-corrected chi connectivity index (χ3v) is 4.96. The van der Waals surface area contributed by atoms with Gasteiger partial charge in [-0.1, -0.05) is 36.5 Å². The minimum absolute atomic E-state index is 0.419. The van der Waals surface area contributed by atoms with E-state index in [4.69, 9.17) is 0 Å². The SMILES string of the molecule is C[C@@]12C=CC=C[C@H](C=C1)S2(=O)=O. The van der Waals surface area contributed by atoms with Gasteiger partial charge in [-0.15, -0.1) is 0 Å². The number of sulfone groups is 1. The van der Waals surface area contributed by atoms with Crippen molar-refractivity contribution in [2.75, 3.05) is 0 Å². The zero-order chi connectivity index (χ0) is 8.82. The molecule has 0 aromatic carbocycles. The highest BCUT2D eigenvalue weighted by Crippen LogP contribution is 2.34. The van der Waals surface area contributed by atoms with E-state index in [2.05, 4.69) is 0 Å². The fourth-order valence-electron chi connectivity index (χ4n) is 1.52. The molecule has 0 radical (unpaired) electrons. The van der Waals surface area contributed by atoms with Crippen LogP contribution < -0.4 is 0 Å². The minimum atomic E-state index is -3.05. The second-order valence-electron chi connectivity index (χ2n) is 3.30. The topological polar surface area (TPSA) is 34.1 Å². The largest absolute Gasteiger partial charge is 0.227 e. The molecule has 0 unspecified atom stereocenters. The van der Waals surface area contributed by atoms with Crippen LogP contribution in [0.3, 0.4) is 0 Å². The Morgan fingerprint density at radius 3 is 2.67 bits per heavy atom. The van der Waals surface area contributed by atoms with Gasteiger partial charge in [0.1, 0.15) is 4.75 Å². The van der Waals surface area contributed by atoms with Crippen LogP contribution in [0.1, 0.15) is 6.92 Å². The number of fused-ring (bicyclic) bond motifs is 2. The Morgan fingerprint density at radius 2 is 1.92 bits per heavy atom. The van der Waals surface area contributed by atoms with E-state index in [1.54, 1.807) is 43.4 Å². The predicted molar refractivity (Wildman–Crippen MR) is 48.5 cm³/mol. The van der Waals surface area contributed by atoms with E-state index in [0.717, 1.165) is 0 Å². The zero-order valence-corrected chi connectivity index (χ0v) is 7.58. The van der Waals surface area contributed by atoms with E-state index in [0.29, 0.717) is 0 Å². The summed E-state index contributed by atoms with van der Waals surface area (Å²) < 4.78 is 22.7. The lowest BCUT2D eigenvalue weighted by atomic mass is 10.1. The Balaban J connectivity index is 2.70. The highest BCUT2D eigenvalue weighted by molar-refractivity contribution is 7.94. The van der Waals surface area contributed by atoms with Crippen molar-refractivity contribution in [1.29, 1.82) is 0 Å². The van der Waals surface area contributed by atoms with Gasteiger partial charge in [-0.3, -0.25) is 0 Å². The summed E-state index contributed by atoms with van der Waals surface area (Å²) in [6.45, 7) is 1.72. The fraction of sp³-hybridized carbons (Fsp3) is 0.333. The van der Waals surface area contributed by atoms with E-state index in [-0.39, 0.29) is 0 Å². The Morgan fingerprint density at radius 1 is 1.17 bits per heavy atom. The number of hydrogen-bond donors (Lipinski definition) is 0. The van der Waals surface area contributed by atoms with Crippen LogP contribution in [0, 0.1) is 0 Å². The van der Waals surface area contributed by atoms with Gasteiger partial charge < -0.3 is 0 Å². The van der Waals surface area contributed by atoms with Gasteiger partial charge in [0.15, 0.2) is 9.84 Å². The maximum atomic E-state index is 11.8. The van der Waals surface area contributed by atoms with Gasteiger partial charge in [0, 0.05) is 0 Å². The second kappa shape index (κ2) is 2.10. The predicted octanol–water partition coefficient (Wildman–Crippen LogP) is 1.22. The summed E-state index contributed by atoms with van der Waals surface area (Å²) in [4.78, 5) is 0. The first-order valence-corrected chi connectivity index (χ1v) is 5.40. The number of hydrogen-bond acceptors (Lipinski definition) is 2. The maximum Gasteiger partial charge on any atom is 0.172 e. The van der Waals surface area contributed by atoms with Crippen molar-refractivity contribution in [3.63, 3.8) is 0 Å². The third kappa shape index (κ3) is 0.771. The van der Waals surface area contributed by atoms with Gasteiger partial charge in [-0.25, -0.2) is 8.42 Å². The summed E-state index contributed by atoms with van der Waals surface area (Å²) in [5, 5.41) is -0.419. The first kappa shape index (κ1) is 7.80. The van der Waals surface area contributed by atoms with E-state index in [1.165, 1.54) is 0 Å². The highest BCUT2D eigenvalue weighted by atomic mass is 32.2.